The van der Waals surface area contributed by atoms with Crippen LogP contribution in [0.1, 0.15) is 52.9 Å². The van der Waals surface area contributed by atoms with E-state index in [1.807, 2.05) is 20.8 Å². The zero-order chi connectivity index (χ0) is 14.3. The van der Waals surface area contributed by atoms with Gasteiger partial charge >= 0.3 is 0 Å². The standard InChI is InChI=1S/C14H29N3OS/c1-14(2,3)19(18)11-10-16-13(15-4)17-12-8-6-5-7-9-12/h12H,5-11H2,1-4H3,(H2,15,16,17). The van der Waals surface area contributed by atoms with Gasteiger partial charge in [-0.15, -0.1) is 0 Å². The molecule has 0 aromatic rings. The Kier molecular flexibility index (Phi) is 6.83. The van der Waals surface area contributed by atoms with Gasteiger partial charge in [-0.1, -0.05) is 19.3 Å². The maximum atomic E-state index is 11.9. The number of hydrogen-bond acceptors (Lipinski definition) is 2. The predicted molar refractivity (Wildman–Crippen MR) is 84.1 cm³/mol. The molecule has 0 heterocycles. The van der Waals surface area contributed by atoms with E-state index in [2.05, 4.69) is 15.6 Å². The smallest absolute Gasteiger partial charge is 0.191 e. The molecule has 1 rings (SSSR count). The first-order valence-corrected chi connectivity index (χ1v) is 8.61. The molecule has 5 heteroatoms. The lowest BCUT2D eigenvalue weighted by Crippen LogP contribution is -2.45. The molecule has 19 heavy (non-hydrogen) atoms. The molecular weight excluding hydrogens is 258 g/mol. The lowest BCUT2D eigenvalue weighted by molar-refractivity contribution is 0.410. The highest BCUT2D eigenvalue weighted by molar-refractivity contribution is 7.86. The van der Waals surface area contributed by atoms with Crippen LogP contribution < -0.4 is 10.6 Å². The average molecular weight is 287 g/mol. The molecule has 0 spiro atoms. The molecule has 0 radical (unpaired) electrons. The normalized spacial score (nSPS) is 20.1. The number of nitrogens with zero attached hydrogens (tertiary/aromatic N) is 1. The molecule has 1 atom stereocenters. The van der Waals surface area contributed by atoms with E-state index in [9.17, 15) is 4.21 Å². The van der Waals surface area contributed by atoms with Crippen molar-refractivity contribution in [2.45, 2.75) is 63.7 Å². The van der Waals surface area contributed by atoms with Crippen LogP contribution in [-0.2, 0) is 10.8 Å². The minimum absolute atomic E-state index is 0.137. The van der Waals surface area contributed by atoms with Gasteiger partial charge in [-0.2, -0.15) is 0 Å². The summed E-state index contributed by atoms with van der Waals surface area (Å²) in [6, 6.07) is 0.549. The van der Waals surface area contributed by atoms with Gasteiger partial charge in [-0.3, -0.25) is 9.20 Å². The molecule has 1 fully saturated rings. The zero-order valence-electron chi connectivity index (χ0n) is 12.8. The highest BCUT2D eigenvalue weighted by atomic mass is 32.2. The monoisotopic (exact) mass is 287 g/mol. The van der Waals surface area contributed by atoms with Gasteiger partial charge in [0.1, 0.15) is 0 Å². The van der Waals surface area contributed by atoms with Crippen LogP contribution in [0.15, 0.2) is 4.99 Å². The summed E-state index contributed by atoms with van der Waals surface area (Å²) in [7, 11) is 0.983. The topological polar surface area (TPSA) is 53.5 Å². The maximum absolute atomic E-state index is 11.9. The summed E-state index contributed by atoms with van der Waals surface area (Å²) in [5, 5.41) is 6.72. The number of rotatable bonds is 4. The van der Waals surface area contributed by atoms with Crippen molar-refractivity contribution in [3.05, 3.63) is 0 Å². The number of hydrogen-bond donors (Lipinski definition) is 2. The molecule has 0 aromatic carbocycles. The van der Waals surface area contributed by atoms with Gasteiger partial charge in [0, 0.05) is 40.9 Å². The van der Waals surface area contributed by atoms with Gasteiger partial charge in [-0.05, 0) is 33.6 Å². The fourth-order valence-corrected chi connectivity index (χ4v) is 3.10. The van der Waals surface area contributed by atoms with Gasteiger partial charge in [0.25, 0.3) is 0 Å². The Bertz CT molecular complexity index is 317. The molecular formula is C14H29N3OS. The Morgan fingerprint density at radius 2 is 1.89 bits per heavy atom. The van der Waals surface area contributed by atoms with Gasteiger partial charge in [-0.25, -0.2) is 0 Å². The third kappa shape index (κ3) is 6.41. The molecule has 2 N–H and O–H groups in total. The first-order valence-electron chi connectivity index (χ1n) is 7.29. The number of nitrogens with one attached hydrogen (secondary N) is 2. The lowest BCUT2D eigenvalue weighted by Gasteiger charge is -2.25. The number of aliphatic imine (C=N–C) groups is 1. The van der Waals surface area contributed by atoms with Crippen molar-refractivity contribution in [2.75, 3.05) is 19.3 Å². The minimum atomic E-state index is -0.808. The highest BCUT2D eigenvalue weighted by Gasteiger charge is 2.19. The molecule has 0 aliphatic heterocycles. The molecule has 0 amide bonds. The summed E-state index contributed by atoms with van der Waals surface area (Å²) in [5.74, 6) is 1.51. The van der Waals surface area contributed by atoms with Crippen LogP contribution in [-0.4, -0.2) is 40.3 Å². The summed E-state index contributed by atoms with van der Waals surface area (Å²) in [5.41, 5.74) is 0. The lowest BCUT2D eigenvalue weighted by atomic mass is 9.96. The van der Waals surface area contributed by atoms with E-state index >= 15 is 0 Å². The molecule has 1 saturated carbocycles. The molecule has 1 aliphatic rings. The van der Waals surface area contributed by atoms with Crippen LogP contribution >= 0.6 is 0 Å². The molecule has 1 unspecified atom stereocenters. The Hall–Kier alpha value is -0.580. The molecule has 0 aromatic heterocycles. The van der Waals surface area contributed by atoms with Crippen molar-refractivity contribution in [3.63, 3.8) is 0 Å². The Balaban J connectivity index is 2.27. The van der Waals surface area contributed by atoms with Crippen LogP contribution in [0.25, 0.3) is 0 Å². The van der Waals surface area contributed by atoms with Crippen LogP contribution in [0.4, 0.5) is 0 Å². The van der Waals surface area contributed by atoms with Crippen molar-refractivity contribution < 1.29 is 4.21 Å². The van der Waals surface area contributed by atoms with Crippen LogP contribution in [0.5, 0.6) is 0 Å². The summed E-state index contributed by atoms with van der Waals surface area (Å²) < 4.78 is 11.8. The minimum Gasteiger partial charge on any atom is -0.355 e. The van der Waals surface area contributed by atoms with Crippen molar-refractivity contribution in [1.29, 1.82) is 0 Å². The van der Waals surface area contributed by atoms with Crippen molar-refractivity contribution >= 4 is 16.8 Å². The molecule has 0 bridgehead atoms. The van der Waals surface area contributed by atoms with Crippen molar-refractivity contribution in [1.82, 2.24) is 10.6 Å². The third-order valence-electron chi connectivity index (χ3n) is 3.43. The quantitative estimate of drug-likeness (QED) is 0.614. The second-order valence-electron chi connectivity index (χ2n) is 6.14. The average Bonchev–Trinajstić information content (AvgIpc) is 2.37. The van der Waals surface area contributed by atoms with Gasteiger partial charge in [0.05, 0.1) is 0 Å². The first-order chi connectivity index (χ1) is 8.93. The predicted octanol–water partition coefficient (Wildman–Crippen LogP) is 2.03. The van der Waals surface area contributed by atoms with E-state index in [1.165, 1.54) is 32.1 Å². The SMILES string of the molecule is CN=C(NCCS(=O)C(C)(C)C)NC1CCCCC1. The Morgan fingerprint density at radius 3 is 2.42 bits per heavy atom. The van der Waals surface area contributed by atoms with E-state index in [4.69, 9.17) is 0 Å². The van der Waals surface area contributed by atoms with E-state index in [-0.39, 0.29) is 4.75 Å². The van der Waals surface area contributed by atoms with Crippen LogP contribution in [0.2, 0.25) is 0 Å². The summed E-state index contributed by atoms with van der Waals surface area (Å²) in [6.45, 7) is 6.74. The van der Waals surface area contributed by atoms with Crippen molar-refractivity contribution in [3.8, 4) is 0 Å². The van der Waals surface area contributed by atoms with E-state index < -0.39 is 10.8 Å². The molecule has 1 aliphatic carbocycles. The molecule has 112 valence electrons. The third-order valence-corrected chi connectivity index (χ3v) is 5.37. The summed E-state index contributed by atoms with van der Waals surface area (Å²) >= 11 is 0. The van der Waals surface area contributed by atoms with E-state index in [1.54, 1.807) is 7.05 Å². The second kappa shape index (κ2) is 7.88. The first kappa shape index (κ1) is 16.5. The van der Waals surface area contributed by atoms with Gasteiger partial charge < -0.3 is 10.6 Å². The number of guanidine groups is 1. The maximum Gasteiger partial charge on any atom is 0.191 e. The van der Waals surface area contributed by atoms with Gasteiger partial charge in [0.15, 0.2) is 5.96 Å². The van der Waals surface area contributed by atoms with Crippen LogP contribution in [0, 0.1) is 0 Å². The molecule has 0 saturated heterocycles. The van der Waals surface area contributed by atoms with Crippen molar-refractivity contribution in [2.24, 2.45) is 4.99 Å². The zero-order valence-corrected chi connectivity index (χ0v) is 13.6. The second-order valence-corrected chi connectivity index (χ2v) is 8.46. The molecule has 4 nitrogen and oxygen atoms in total. The summed E-state index contributed by atoms with van der Waals surface area (Å²) in [4.78, 5) is 4.24. The largest absolute Gasteiger partial charge is 0.355 e. The van der Waals surface area contributed by atoms with Gasteiger partial charge in [0.2, 0.25) is 0 Å². The van der Waals surface area contributed by atoms with E-state index in [0.717, 1.165) is 5.96 Å². The highest BCUT2D eigenvalue weighted by Crippen LogP contribution is 2.17. The van der Waals surface area contributed by atoms with Crippen LogP contribution in [0.3, 0.4) is 0 Å². The summed E-state index contributed by atoms with van der Waals surface area (Å²) in [6.07, 6.45) is 6.43. The Morgan fingerprint density at radius 1 is 1.26 bits per heavy atom. The Labute approximate surface area is 120 Å². The van der Waals surface area contributed by atoms with E-state index in [0.29, 0.717) is 18.3 Å². The fourth-order valence-electron chi connectivity index (χ4n) is 2.20. The fraction of sp³-hybridized carbons (Fsp3) is 0.929.